The second kappa shape index (κ2) is 8.45. The van der Waals surface area contributed by atoms with E-state index in [0.29, 0.717) is 30.9 Å². The number of anilines is 1. The number of rotatable bonds is 7. The second-order valence-electron chi connectivity index (χ2n) is 6.12. The largest absolute Gasteiger partial charge is 0.396 e. The minimum Gasteiger partial charge on any atom is -0.396 e. The molecular formula is C21H23N3O2. The van der Waals surface area contributed by atoms with Crippen molar-refractivity contribution in [3.05, 3.63) is 71.9 Å². The Balaban J connectivity index is 1.91. The molecule has 0 fully saturated rings. The summed E-state index contributed by atoms with van der Waals surface area (Å²) in [5.74, 6) is 0.591. The number of amides is 1. The number of hydrogen-bond donors (Lipinski definition) is 2. The van der Waals surface area contributed by atoms with Crippen LogP contribution in [0.4, 0.5) is 5.82 Å². The van der Waals surface area contributed by atoms with Gasteiger partial charge in [0.25, 0.3) is 5.91 Å². The fourth-order valence-corrected chi connectivity index (χ4v) is 3.03. The molecule has 0 aliphatic carbocycles. The summed E-state index contributed by atoms with van der Waals surface area (Å²) in [5.41, 5.74) is 1.68. The van der Waals surface area contributed by atoms with E-state index in [4.69, 9.17) is 0 Å². The molecule has 0 saturated carbocycles. The molecule has 3 rings (SSSR count). The number of hydrogen-bond acceptors (Lipinski definition) is 4. The molecule has 5 heteroatoms. The lowest BCUT2D eigenvalue weighted by Gasteiger charge is -2.23. The van der Waals surface area contributed by atoms with E-state index in [-0.39, 0.29) is 12.5 Å². The number of benzene rings is 2. The molecule has 0 saturated heterocycles. The highest BCUT2D eigenvalue weighted by Crippen LogP contribution is 2.21. The third-order valence-electron chi connectivity index (χ3n) is 4.38. The first-order valence-electron chi connectivity index (χ1n) is 8.73. The topological polar surface area (TPSA) is 65.5 Å². The molecule has 5 nitrogen and oxygen atoms in total. The zero-order valence-corrected chi connectivity index (χ0v) is 14.9. The van der Waals surface area contributed by atoms with E-state index in [1.807, 2.05) is 24.3 Å². The molecule has 1 aromatic heterocycles. The molecule has 2 N–H and O–H groups in total. The van der Waals surface area contributed by atoms with E-state index in [1.54, 1.807) is 30.3 Å². The van der Waals surface area contributed by atoms with E-state index < -0.39 is 0 Å². The van der Waals surface area contributed by atoms with Crippen molar-refractivity contribution in [3.8, 4) is 0 Å². The summed E-state index contributed by atoms with van der Waals surface area (Å²) < 4.78 is 0. The van der Waals surface area contributed by atoms with Gasteiger partial charge in [-0.25, -0.2) is 4.98 Å². The van der Waals surface area contributed by atoms with Gasteiger partial charge in [-0.15, -0.1) is 0 Å². The van der Waals surface area contributed by atoms with Crippen molar-refractivity contribution in [3.63, 3.8) is 0 Å². The van der Waals surface area contributed by atoms with Gasteiger partial charge in [0.15, 0.2) is 0 Å². The summed E-state index contributed by atoms with van der Waals surface area (Å²) in [5, 5.41) is 14.5. The van der Waals surface area contributed by atoms with Crippen molar-refractivity contribution in [2.45, 2.75) is 13.0 Å². The summed E-state index contributed by atoms with van der Waals surface area (Å²) >= 11 is 0. The first-order valence-corrected chi connectivity index (χ1v) is 8.73. The molecule has 0 aliphatic rings. The predicted molar refractivity (Wildman–Crippen MR) is 104 cm³/mol. The van der Waals surface area contributed by atoms with Crippen molar-refractivity contribution in [2.24, 2.45) is 0 Å². The van der Waals surface area contributed by atoms with Crippen molar-refractivity contribution in [1.29, 1.82) is 0 Å². The van der Waals surface area contributed by atoms with Crippen molar-refractivity contribution < 1.29 is 9.90 Å². The summed E-state index contributed by atoms with van der Waals surface area (Å²) in [6, 6.07) is 17.8. The Morgan fingerprint density at radius 1 is 1.15 bits per heavy atom. The van der Waals surface area contributed by atoms with Crippen LogP contribution in [0.25, 0.3) is 10.8 Å². The first-order chi connectivity index (χ1) is 12.7. The van der Waals surface area contributed by atoms with Crippen LogP contribution in [0.2, 0.25) is 0 Å². The van der Waals surface area contributed by atoms with Gasteiger partial charge in [-0.05, 0) is 34.9 Å². The van der Waals surface area contributed by atoms with Crippen LogP contribution in [0.3, 0.4) is 0 Å². The summed E-state index contributed by atoms with van der Waals surface area (Å²) in [6.07, 6.45) is 2.17. The van der Waals surface area contributed by atoms with E-state index in [1.165, 1.54) is 0 Å². The lowest BCUT2D eigenvalue weighted by Crippen LogP contribution is -2.32. The molecule has 0 bridgehead atoms. The maximum atomic E-state index is 13.0. The lowest BCUT2D eigenvalue weighted by molar-refractivity contribution is 0.0732. The van der Waals surface area contributed by atoms with Gasteiger partial charge in [0.05, 0.1) is 0 Å². The van der Waals surface area contributed by atoms with Gasteiger partial charge in [0.1, 0.15) is 5.82 Å². The highest BCUT2D eigenvalue weighted by molar-refractivity contribution is 5.95. The quantitative estimate of drug-likeness (QED) is 0.687. The predicted octanol–water partition coefficient (Wildman–Crippen LogP) is 3.30. The molecule has 0 unspecified atom stereocenters. The molecule has 0 radical (unpaired) electrons. The zero-order valence-electron chi connectivity index (χ0n) is 14.9. The number of carbonyl (C=O) groups excluding carboxylic acids is 1. The Bertz CT molecular complexity index is 890. The van der Waals surface area contributed by atoms with Gasteiger partial charge in [-0.1, -0.05) is 42.5 Å². The molecule has 26 heavy (non-hydrogen) atoms. The highest BCUT2D eigenvalue weighted by atomic mass is 16.3. The fourth-order valence-electron chi connectivity index (χ4n) is 3.03. The van der Waals surface area contributed by atoms with Gasteiger partial charge < -0.3 is 15.3 Å². The van der Waals surface area contributed by atoms with Crippen molar-refractivity contribution in [2.75, 3.05) is 25.5 Å². The van der Waals surface area contributed by atoms with Gasteiger partial charge >= 0.3 is 0 Å². The van der Waals surface area contributed by atoms with Gasteiger partial charge in [0.2, 0.25) is 0 Å². The molecule has 1 amide bonds. The minimum absolute atomic E-state index is 0.0530. The van der Waals surface area contributed by atoms with Crippen molar-refractivity contribution >= 4 is 22.5 Å². The average Bonchev–Trinajstić information content (AvgIpc) is 2.70. The standard InChI is InChI=1S/C21H23N3O2/c1-22-20-14-17(10-11-23-20)21(26)24(12-5-13-25)15-18-8-4-7-16-6-2-3-9-19(16)18/h2-4,6-11,14,25H,5,12-13,15H2,1H3,(H,22,23). The van der Waals surface area contributed by atoms with Crippen LogP contribution >= 0.6 is 0 Å². The smallest absolute Gasteiger partial charge is 0.254 e. The van der Waals surface area contributed by atoms with E-state index in [0.717, 1.165) is 16.3 Å². The monoisotopic (exact) mass is 349 g/mol. The minimum atomic E-state index is -0.0646. The van der Waals surface area contributed by atoms with Crippen LogP contribution in [0.1, 0.15) is 22.3 Å². The average molecular weight is 349 g/mol. The number of fused-ring (bicyclic) bond motifs is 1. The molecule has 3 aromatic rings. The van der Waals surface area contributed by atoms with Gasteiger partial charge in [-0.3, -0.25) is 4.79 Å². The molecular weight excluding hydrogens is 326 g/mol. The van der Waals surface area contributed by atoms with Gasteiger partial charge in [-0.2, -0.15) is 0 Å². The van der Waals surface area contributed by atoms with Crippen LogP contribution in [0.5, 0.6) is 0 Å². The first kappa shape index (κ1) is 17.9. The molecule has 1 heterocycles. The third kappa shape index (κ3) is 4.00. The Morgan fingerprint density at radius 3 is 2.77 bits per heavy atom. The van der Waals surface area contributed by atoms with Crippen LogP contribution in [-0.2, 0) is 6.54 Å². The molecule has 0 spiro atoms. The number of carbonyl (C=O) groups is 1. The second-order valence-corrected chi connectivity index (χ2v) is 6.12. The van der Waals surface area contributed by atoms with Crippen LogP contribution < -0.4 is 5.32 Å². The van der Waals surface area contributed by atoms with E-state index >= 15 is 0 Å². The Morgan fingerprint density at radius 2 is 1.96 bits per heavy atom. The SMILES string of the molecule is CNc1cc(C(=O)N(CCCO)Cc2cccc3ccccc23)ccn1. The number of aliphatic hydroxyl groups is 1. The molecule has 0 atom stereocenters. The number of nitrogens with zero attached hydrogens (tertiary/aromatic N) is 2. The number of nitrogens with one attached hydrogen (secondary N) is 1. The maximum absolute atomic E-state index is 13.0. The fraction of sp³-hybridized carbons (Fsp3) is 0.238. The number of aromatic nitrogens is 1. The molecule has 2 aromatic carbocycles. The van der Waals surface area contributed by atoms with E-state index in [9.17, 15) is 9.90 Å². The molecule has 0 aliphatic heterocycles. The third-order valence-corrected chi connectivity index (χ3v) is 4.38. The Kier molecular flexibility index (Phi) is 5.81. The van der Waals surface area contributed by atoms with Crippen LogP contribution in [0.15, 0.2) is 60.8 Å². The maximum Gasteiger partial charge on any atom is 0.254 e. The summed E-state index contributed by atoms with van der Waals surface area (Å²) in [6.45, 7) is 1.05. The number of aliphatic hydroxyl groups excluding tert-OH is 1. The molecule has 134 valence electrons. The zero-order chi connectivity index (χ0) is 18.4. The normalized spacial score (nSPS) is 10.7. The number of pyridine rings is 1. The summed E-state index contributed by atoms with van der Waals surface area (Å²) in [4.78, 5) is 19.0. The highest BCUT2D eigenvalue weighted by Gasteiger charge is 2.17. The lowest BCUT2D eigenvalue weighted by atomic mass is 10.0. The summed E-state index contributed by atoms with van der Waals surface area (Å²) in [7, 11) is 1.77. The van der Waals surface area contributed by atoms with Crippen molar-refractivity contribution in [1.82, 2.24) is 9.88 Å². The van der Waals surface area contributed by atoms with Crippen LogP contribution in [0, 0.1) is 0 Å². The Hall–Kier alpha value is -2.92. The van der Waals surface area contributed by atoms with Gasteiger partial charge in [0, 0.05) is 38.5 Å². The Labute approximate surface area is 153 Å². The van der Waals surface area contributed by atoms with E-state index in [2.05, 4.69) is 28.5 Å². The van der Waals surface area contributed by atoms with Crippen LogP contribution in [-0.4, -0.2) is 41.1 Å².